The van der Waals surface area contributed by atoms with Crippen molar-refractivity contribution >= 4 is 5.91 Å². The van der Waals surface area contributed by atoms with Gasteiger partial charge in [0.15, 0.2) is 0 Å². The minimum atomic E-state index is -0.112. The maximum atomic E-state index is 12.6. The van der Waals surface area contributed by atoms with Crippen molar-refractivity contribution in [1.29, 1.82) is 0 Å². The number of nitrogens with zero attached hydrogens (tertiary/aromatic N) is 1. The molecular formula is C17H25NO6. The van der Waals surface area contributed by atoms with Crippen molar-refractivity contribution in [1.82, 2.24) is 4.90 Å². The lowest BCUT2D eigenvalue weighted by molar-refractivity contribution is 0.00206. The van der Waals surface area contributed by atoms with Crippen molar-refractivity contribution in [3.63, 3.8) is 0 Å². The Balaban J connectivity index is 1.90. The zero-order chi connectivity index (χ0) is 17.0. The molecule has 0 atom stereocenters. The number of carbonyl (C=O) groups excluding carboxylic acids is 1. The summed E-state index contributed by atoms with van der Waals surface area (Å²) in [5.41, 5.74) is 0.525. The molecule has 1 amide bonds. The molecule has 1 N–H and O–H groups in total. The Labute approximate surface area is 142 Å². The average Bonchev–Trinajstić information content (AvgIpc) is 2.60. The van der Waals surface area contributed by atoms with E-state index in [1.807, 2.05) is 0 Å². The fourth-order valence-corrected chi connectivity index (χ4v) is 2.21. The molecule has 24 heavy (non-hydrogen) atoms. The zero-order valence-corrected chi connectivity index (χ0v) is 13.8. The van der Waals surface area contributed by atoms with E-state index in [4.69, 9.17) is 18.9 Å². The molecule has 0 saturated carbocycles. The van der Waals surface area contributed by atoms with Crippen LogP contribution in [0.3, 0.4) is 0 Å². The molecule has 0 unspecified atom stereocenters. The van der Waals surface area contributed by atoms with Crippen LogP contribution in [-0.4, -0.2) is 81.9 Å². The molecule has 1 aliphatic rings. The van der Waals surface area contributed by atoms with Gasteiger partial charge in [-0.3, -0.25) is 4.79 Å². The van der Waals surface area contributed by atoms with Gasteiger partial charge in [-0.05, 0) is 24.3 Å². The fraction of sp³-hybridized carbons (Fsp3) is 0.588. The van der Waals surface area contributed by atoms with Crippen molar-refractivity contribution in [2.24, 2.45) is 0 Å². The van der Waals surface area contributed by atoms with E-state index in [9.17, 15) is 9.90 Å². The van der Waals surface area contributed by atoms with Gasteiger partial charge in [-0.1, -0.05) is 0 Å². The van der Waals surface area contributed by atoms with Crippen LogP contribution in [0.15, 0.2) is 24.3 Å². The summed E-state index contributed by atoms with van der Waals surface area (Å²) in [4.78, 5) is 14.3. The fourth-order valence-electron chi connectivity index (χ4n) is 2.21. The number of ether oxygens (including phenoxy) is 4. The molecule has 2 rings (SSSR count). The van der Waals surface area contributed by atoms with Crippen molar-refractivity contribution < 1.29 is 28.8 Å². The molecule has 1 fully saturated rings. The highest BCUT2D eigenvalue weighted by Gasteiger charge is 2.15. The second-order valence-corrected chi connectivity index (χ2v) is 5.29. The van der Waals surface area contributed by atoms with Crippen LogP contribution in [0.2, 0.25) is 0 Å². The van der Waals surface area contributed by atoms with Crippen molar-refractivity contribution in [2.45, 2.75) is 0 Å². The highest BCUT2D eigenvalue weighted by molar-refractivity contribution is 5.94. The van der Waals surface area contributed by atoms with Gasteiger partial charge >= 0.3 is 0 Å². The summed E-state index contributed by atoms with van der Waals surface area (Å²) in [6.45, 7) is 4.86. The van der Waals surface area contributed by atoms with Gasteiger partial charge in [0, 0.05) is 18.7 Å². The minimum absolute atomic E-state index is 0.112. The predicted octanol–water partition coefficient (Wildman–Crippen LogP) is 0.914. The van der Waals surface area contributed by atoms with Gasteiger partial charge in [0.2, 0.25) is 0 Å². The molecule has 0 radical (unpaired) electrons. The first kappa shape index (κ1) is 18.7. The minimum Gasteiger partial charge on any atom is -0.508 e. The van der Waals surface area contributed by atoms with E-state index in [1.165, 1.54) is 12.1 Å². The average molecular weight is 339 g/mol. The molecule has 0 bridgehead atoms. The molecule has 7 heteroatoms. The summed E-state index contributed by atoms with van der Waals surface area (Å²) in [5.74, 6) is 0.0225. The number of carbonyl (C=O) groups is 1. The summed E-state index contributed by atoms with van der Waals surface area (Å²) >= 11 is 0. The number of hydrogen-bond donors (Lipinski definition) is 1. The van der Waals surface area contributed by atoms with Gasteiger partial charge in [0.25, 0.3) is 5.91 Å². The number of aromatic hydroxyl groups is 1. The van der Waals surface area contributed by atoms with Gasteiger partial charge < -0.3 is 29.0 Å². The smallest absolute Gasteiger partial charge is 0.254 e. The molecule has 7 nitrogen and oxygen atoms in total. The third kappa shape index (κ3) is 6.84. The van der Waals surface area contributed by atoms with Crippen molar-refractivity contribution in [2.75, 3.05) is 65.9 Å². The van der Waals surface area contributed by atoms with Gasteiger partial charge in [0.05, 0.1) is 52.9 Å². The topological polar surface area (TPSA) is 77.5 Å². The highest BCUT2D eigenvalue weighted by atomic mass is 16.6. The van der Waals surface area contributed by atoms with Crippen LogP contribution in [0.1, 0.15) is 10.4 Å². The Morgan fingerprint density at radius 1 is 0.750 bits per heavy atom. The van der Waals surface area contributed by atoms with Crippen LogP contribution < -0.4 is 0 Å². The molecule has 1 heterocycles. The molecule has 1 aliphatic heterocycles. The van der Waals surface area contributed by atoms with E-state index in [2.05, 4.69) is 0 Å². The van der Waals surface area contributed by atoms with Crippen LogP contribution in [-0.2, 0) is 18.9 Å². The number of amides is 1. The molecule has 0 aliphatic carbocycles. The Kier molecular flexibility index (Phi) is 8.54. The highest BCUT2D eigenvalue weighted by Crippen LogP contribution is 2.12. The van der Waals surface area contributed by atoms with Crippen LogP contribution in [0.25, 0.3) is 0 Å². The number of rotatable bonds is 1. The van der Waals surface area contributed by atoms with E-state index in [1.54, 1.807) is 17.0 Å². The maximum Gasteiger partial charge on any atom is 0.254 e. The number of phenolic OH excluding ortho intramolecular Hbond substituents is 1. The Hall–Kier alpha value is -1.67. The summed E-state index contributed by atoms with van der Waals surface area (Å²) in [6.07, 6.45) is 0. The summed E-state index contributed by atoms with van der Waals surface area (Å²) < 4.78 is 21.7. The monoisotopic (exact) mass is 339 g/mol. The van der Waals surface area contributed by atoms with Gasteiger partial charge in [-0.2, -0.15) is 0 Å². The molecule has 1 aromatic rings. The van der Waals surface area contributed by atoms with Crippen molar-refractivity contribution in [3.05, 3.63) is 29.8 Å². The molecule has 1 saturated heterocycles. The first-order valence-electron chi connectivity index (χ1n) is 8.16. The maximum absolute atomic E-state index is 12.6. The van der Waals surface area contributed by atoms with Gasteiger partial charge in [-0.15, -0.1) is 0 Å². The second-order valence-electron chi connectivity index (χ2n) is 5.29. The Bertz CT molecular complexity index is 462. The quantitative estimate of drug-likeness (QED) is 0.820. The lowest BCUT2D eigenvalue weighted by atomic mass is 10.2. The first-order valence-corrected chi connectivity index (χ1v) is 8.16. The van der Waals surface area contributed by atoms with E-state index in [-0.39, 0.29) is 11.7 Å². The Morgan fingerprint density at radius 2 is 1.17 bits per heavy atom. The standard InChI is InChI=1S/C17H25NO6/c19-16-3-1-15(2-4-16)17(20)18-5-7-21-9-11-23-13-14-24-12-10-22-8-6-18/h1-4,19H,5-14H2. The van der Waals surface area contributed by atoms with Crippen LogP contribution in [0.4, 0.5) is 0 Å². The Morgan fingerprint density at radius 3 is 1.62 bits per heavy atom. The third-order valence-electron chi connectivity index (χ3n) is 3.53. The zero-order valence-electron chi connectivity index (χ0n) is 13.8. The number of benzene rings is 1. The molecule has 0 aromatic heterocycles. The van der Waals surface area contributed by atoms with E-state index >= 15 is 0 Å². The summed E-state index contributed by atoms with van der Waals surface area (Å²) in [6, 6.07) is 6.22. The second kappa shape index (κ2) is 11.0. The predicted molar refractivity (Wildman–Crippen MR) is 87.3 cm³/mol. The molecular weight excluding hydrogens is 314 g/mol. The lowest BCUT2D eigenvalue weighted by Gasteiger charge is -2.23. The number of phenols is 1. The van der Waals surface area contributed by atoms with E-state index in [0.29, 0.717) is 71.5 Å². The van der Waals surface area contributed by atoms with Crippen molar-refractivity contribution in [3.8, 4) is 5.75 Å². The normalized spacial score (nSPS) is 19.2. The first-order chi connectivity index (χ1) is 11.8. The van der Waals surface area contributed by atoms with Crippen LogP contribution in [0, 0.1) is 0 Å². The largest absolute Gasteiger partial charge is 0.508 e. The van der Waals surface area contributed by atoms with Crippen LogP contribution >= 0.6 is 0 Å². The van der Waals surface area contributed by atoms with E-state index in [0.717, 1.165) is 0 Å². The molecule has 1 aromatic carbocycles. The lowest BCUT2D eigenvalue weighted by Crippen LogP contribution is -2.37. The summed E-state index contributed by atoms with van der Waals surface area (Å²) in [7, 11) is 0. The third-order valence-corrected chi connectivity index (χ3v) is 3.53. The molecule has 0 spiro atoms. The van der Waals surface area contributed by atoms with Crippen LogP contribution in [0.5, 0.6) is 5.75 Å². The van der Waals surface area contributed by atoms with Gasteiger partial charge in [0.1, 0.15) is 5.75 Å². The SMILES string of the molecule is O=C(c1ccc(O)cc1)N1CCOCCOCCOCCOCC1. The van der Waals surface area contributed by atoms with Gasteiger partial charge in [-0.25, -0.2) is 0 Å². The van der Waals surface area contributed by atoms with E-state index < -0.39 is 0 Å². The number of hydrogen-bond acceptors (Lipinski definition) is 6. The summed E-state index contributed by atoms with van der Waals surface area (Å²) in [5, 5.41) is 9.34. The molecule has 134 valence electrons.